The number of esters is 1. The van der Waals surface area contributed by atoms with Crippen molar-refractivity contribution in [1.29, 1.82) is 0 Å². The van der Waals surface area contributed by atoms with Crippen molar-refractivity contribution in [2.24, 2.45) is 0 Å². The smallest absolute Gasteiger partial charge is 0.337 e. The molecule has 0 spiro atoms. The molecule has 0 radical (unpaired) electrons. The molecule has 0 fully saturated rings. The number of carbonyl (C=O) groups is 1. The molecule has 3 aromatic carbocycles. The summed E-state index contributed by atoms with van der Waals surface area (Å²) in [6.45, 7) is 5.33. The summed E-state index contributed by atoms with van der Waals surface area (Å²) < 4.78 is 13.2. The topological polar surface area (TPSA) is 53.4 Å². The van der Waals surface area contributed by atoms with Gasteiger partial charge in [0.25, 0.3) is 0 Å². The third-order valence-corrected chi connectivity index (χ3v) is 6.19. The van der Waals surface area contributed by atoms with Crippen LogP contribution in [0.4, 0.5) is 0 Å². The van der Waals surface area contributed by atoms with Gasteiger partial charge in [-0.3, -0.25) is 0 Å². The van der Waals surface area contributed by atoms with Crippen LogP contribution in [0, 0.1) is 13.8 Å². The van der Waals surface area contributed by atoms with E-state index in [4.69, 9.17) is 9.47 Å². The van der Waals surface area contributed by atoms with Crippen LogP contribution in [0.1, 0.15) is 38.2 Å². The van der Waals surface area contributed by atoms with E-state index in [1.54, 1.807) is 6.07 Å². The minimum Gasteiger partial charge on any atom is -0.488 e. The Morgan fingerprint density at radius 2 is 1.97 bits per heavy atom. The van der Waals surface area contributed by atoms with Crippen LogP contribution in [0.25, 0.3) is 16.6 Å². The van der Waals surface area contributed by atoms with Gasteiger partial charge < -0.3 is 14.0 Å². The summed E-state index contributed by atoms with van der Waals surface area (Å²) in [5.74, 6) is 0.387. The molecule has 0 unspecified atom stereocenters. The van der Waals surface area contributed by atoms with E-state index in [1.807, 2.05) is 30.6 Å². The average molecular weight is 425 g/mol. The quantitative estimate of drug-likeness (QED) is 0.410. The van der Waals surface area contributed by atoms with Gasteiger partial charge in [-0.15, -0.1) is 0 Å². The van der Waals surface area contributed by atoms with Gasteiger partial charge in [-0.05, 0) is 65.9 Å². The highest BCUT2D eigenvalue weighted by Gasteiger charge is 2.21. The molecule has 0 saturated carbocycles. The van der Waals surface area contributed by atoms with Crippen LogP contribution in [0.5, 0.6) is 5.75 Å². The van der Waals surface area contributed by atoms with Gasteiger partial charge >= 0.3 is 5.97 Å². The summed E-state index contributed by atoms with van der Waals surface area (Å²) in [7, 11) is 1.39. The van der Waals surface area contributed by atoms with Gasteiger partial charge in [0.05, 0.1) is 30.0 Å². The summed E-state index contributed by atoms with van der Waals surface area (Å²) in [6.07, 6.45) is 4.07. The second-order valence-electron chi connectivity index (χ2n) is 8.04. The maximum atomic E-state index is 12.2. The first-order valence-corrected chi connectivity index (χ1v) is 10.6. The van der Waals surface area contributed by atoms with Gasteiger partial charge in [0.2, 0.25) is 0 Å². The van der Waals surface area contributed by atoms with E-state index in [1.165, 1.54) is 18.2 Å². The Labute approximate surface area is 186 Å². The Morgan fingerprint density at radius 3 is 2.81 bits per heavy atom. The normalized spacial score (nSPS) is 13.9. The number of imidazole rings is 1. The summed E-state index contributed by atoms with van der Waals surface area (Å²) in [4.78, 5) is 16.8. The fraction of sp³-hybridized carbons (Fsp3) is 0.185. The van der Waals surface area contributed by atoms with Crippen LogP contribution >= 0.6 is 0 Å². The van der Waals surface area contributed by atoms with E-state index in [0.717, 1.165) is 39.0 Å². The molecule has 5 nitrogen and oxygen atoms in total. The molecule has 0 amide bonds. The van der Waals surface area contributed by atoms with E-state index in [0.29, 0.717) is 18.7 Å². The monoisotopic (exact) mass is 424 g/mol. The molecule has 2 heterocycles. The van der Waals surface area contributed by atoms with E-state index in [9.17, 15) is 4.79 Å². The van der Waals surface area contributed by atoms with Crippen LogP contribution in [0.15, 0.2) is 67.0 Å². The molecule has 0 atom stereocenters. The summed E-state index contributed by atoms with van der Waals surface area (Å²) in [5, 5.41) is 0. The lowest BCUT2D eigenvalue weighted by Crippen LogP contribution is -2.03. The predicted molar refractivity (Wildman–Crippen MR) is 125 cm³/mol. The highest BCUT2D eigenvalue weighted by atomic mass is 16.5. The molecule has 1 aliphatic heterocycles. The second-order valence-corrected chi connectivity index (χ2v) is 8.04. The SMILES string of the molecule is COC(=O)c1ccc2c(c1)C(=CCn1cnc3c(C)c(C)ccc31)c1ccccc1CO2. The first kappa shape index (κ1) is 20.1. The number of hydrogen-bond acceptors (Lipinski definition) is 4. The third kappa shape index (κ3) is 3.36. The van der Waals surface area contributed by atoms with Crippen LogP contribution in [0.3, 0.4) is 0 Å². The Bertz CT molecular complexity index is 1380. The standard InChI is InChI=1S/C27H24N2O3/c1-17-8-10-24-26(18(17)2)28-16-29(24)13-12-22-21-7-5-4-6-20(21)15-32-25-11-9-19(14-23(22)25)27(30)31-3/h4-12,14,16H,13,15H2,1-3H3. The summed E-state index contributed by atoms with van der Waals surface area (Å²) in [5.41, 5.74) is 9.20. The summed E-state index contributed by atoms with van der Waals surface area (Å²) >= 11 is 0. The molecule has 0 N–H and O–H groups in total. The lowest BCUT2D eigenvalue weighted by molar-refractivity contribution is 0.0600. The average Bonchev–Trinajstić information content (AvgIpc) is 3.17. The van der Waals surface area contributed by atoms with Crippen molar-refractivity contribution in [3.8, 4) is 5.75 Å². The first-order chi connectivity index (χ1) is 15.6. The molecule has 1 aliphatic rings. The molecular weight excluding hydrogens is 400 g/mol. The largest absolute Gasteiger partial charge is 0.488 e. The van der Waals surface area contributed by atoms with Crippen molar-refractivity contribution in [2.75, 3.05) is 7.11 Å². The van der Waals surface area contributed by atoms with Gasteiger partial charge in [-0.1, -0.05) is 36.4 Å². The predicted octanol–water partition coefficient (Wildman–Crippen LogP) is 5.46. The number of methoxy groups -OCH3 is 1. The Kier molecular flexibility index (Phi) is 5.02. The molecule has 5 heteroatoms. The molecule has 5 rings (SSSR count). The minimum absolute atomic E-state index is 0.365. The zero-order chi connectivity index (χ0) is 22.2. The minimum atomic E-state index is -0.365. The van der Waals surface area contributed by atoms with Gasteiger partial charge in [-0.25, -0.2) is 9.78 Å². The Hall–Kier alpha value is -3.86. The lowest BCUT2D eigenvalue weighted by atomic mass is 9.93. The van der Waals surface area contributed by atoms with Crippen molar-refractivity contribution in [3.05, 3.63) is 100 Å². The first-order valence-electron chi connectivity index (χ1n) is 10.6. The number of allylic oxidation sites excluding steroid dienone is 1. The number of carbonyl (C=O) groups excluding carboxylic acids is 1. The fourth-order valence-electron chi connectivity index (χ4n) is 4.25. The van der Waals surface area contributed by atoms with Crippen LogP contribution in [-0.2, 0) is 17.9 Å². The number of aromatic nitrogens is 2. The van der Waals surface area contributed by atoms with Gasteiger partial charge in [0, 0.05) is 12.1 Å². The summed E-state index contributed by atoms with van der Waals surface area (Å²) in [6, 6.07) is 17.9. The highest BCUT2D eigenvalue weighted by molar-refractivity contribution is 5.93. The van der Waals surface area contributed by atoms with Crippen molar-refractivity contribution >= 4 is 22.6 Å². The fourth-order valence-corrected chi connectivity index (χ4v) is 4.25. The van der Waals surface area contributed by atoms with E-state index in [-0.39, 0.29) is 5.97 Å². The van der Waals surface area contributed by atoms with Crippen molar-refractivity contribution in [2.45, 2.75) is 27.0 Å². The highest BCUT2D eigenvalue weighted by Crippen LogP contribution is 2.37. The maximum Gasteiger partial charge on any atom is 0.337 e. The molecule has 32 heavy (non-hydrogen) atoms. The number of ether oxygens (including phenoxy) is 2. The van der Waals surface area contributed by atoms with Gasteiger partial charge in [0.1, 0.15) is 12.4 Å². The number of rotatable bonds is 3. The second kappa shape index (κ2) is 8.00. The zero-order valence-corrected chi connectivity index (χ0v) is 18.4. The third-order valence-electron chi connectivity index (χ3n) is 6.19. The van der Waals surface area contributed by atoms with Crippen molar-refractivity contribution in [1.82, 2.24) is 9.55 Å². The number of benzene rings is 3. The number of aryl methyl sites for hydroxylation is 2. The van der Waals surface area contributed by atoms with Gasteiger partial charge in [0.15, 0.2) is 0 Å². The molecule has 1 aromatic heterocycles. The number of fused-ring (bicyclic) bond motifs is 3. The number of hydrogen-bond donors (Lipinski definition) is 0. The van der Waals surface area contributed by atoms with Crippen LogP contribution in [-0.4, -0.2) is 22.6 Å². The van der Waals surface area contributed by atoms with E-state index >= 15 is 0 Å². The molecule has 160 valence electrons. The zero-order valence-electron chi connectivity index (χ0n) is 18.4. The van der Waals surface area contributed by atoms with E-state index < -0.39 is 0 Å². The molecule has 0 saturated heterocycles. The maximum absolute atomic E-state index is 12.2. The molecule has 4 aromatic rings. The van der Waals surface area contributed by atoms with Crippen LogP contribution in [0.2, 0.25) is 0 Å². The molecular formula is C27H24N2O3. The van der Waals surface area contributed by atoms with Crippen LogP contribution < -0.4 is 4.74 Å². The van der Waals surface area contributed by atoms with Crippen molar-refractivity contribution < 1.29 is 14.3 Å². The Morgan fingerprint density at radius 1 is 1.12 bits per heavy atom. The molecule has 0 bridgehead atoms. The molecule has 0 aliphatic carbocycles. The van der Waals surface area contributed by atoms with Gasteiger partial charge in [-0.2, -0.15) is 0 Å². The number of nitrogens with zero attached hydrogens (tertiary/aromatic N) is 2. The van der Waals surface area contributed by atoms with Crippen molar-refractivity contribution in [3.63, 3.8) is 0 Å². The van der Waals surface area contributed by atoms with E-state index in [2.05, 4.69) is 53.7 Å². The lowest BCUT2D eigenvalue weighted by Gasteiger charge is -2.12. The Balaban J connectivity index is 1.65.